The minimum absolute atomic E-state index is 0. The third kappa shape index (κ3) is 1.38. The van der Waals surface area contributed by atoms with Crippen molar-refractivity contribution in [2.75, 3.05) is 0 Å². The van der Waals surface area contributed by atoms with Crippen LogP contribution in [0.3, 0.4) is 0 Å². The molecule has 0 saturated carbocycles. The van der Waals surface area contributed by atoms with E-state index in [2.05, 4.69) is 18.2 Å². The number of hydrogen-bond acceptors (Lipinski definition) is 0. The van der Waals surface area contributed by atoms with E-state index in [1.165, 1.54) is 10.5 Å². The van der Waals surface area contributed by atoms with Gasteiger partial charge in [-0.05, 0) is 0 Å². The van der Waals surface area contributed by atoms with Gasteiger partial charge in [-0.2, -0.15) is 0 Å². The van der Waals surface area contributed by atoms with E-state index in [1.807, 2.05) is 0 Å². The van der Waals surface area contributed by atoms with Crippen LogP contribution < -0.4 is 0 Å². The quantitative estimate of drug-likeness (QED) is 0.568. The van der Waals surface area contributed by atoms with Crippen molar-refractivity contribution in [1.82, 2.24) is 0 Å². The van der Waals surface area contributed by atoms with E-state index in [1.54, 1.807) is 30.3 Å². The van der Waals surface area contributed by atoms with Crippen LogP contribution in [0.5, 0.6) is 0 Å². The summed E-state index contributed by atoms with van der Waals surface area (Å²) < 4.78 is 1.31. The fourth-order valence-corrected chi connectivity index (χ4v) is 1.27. The van der Waals surface area contributed by atoms with Crippen molar-refractivity contribution in [2.24, 2.45) is 0 Å². The standard InChI is InChI=1S/C6H7.Zr.2H/c1-6-4-2-3-5-6;;;/h2-4H,1,5H2;;;/q;;2*-1. The average Bonchev–Trinajstić information content (AvgIpc) is 2.14. The van der Waals surface area contributed by atoms with Gasteiger partial charge in [-0.15, -0.1) is 0 Å². The van der Waals surface area contributed by atoms with E-state index in [-0.39, 0.29) is 2.85 Å². The molecule has 0 aliphatic heterocycles. The van der Waals surface area contributed by atoms with Crippen LogP contribution in [0.4, 0.5) is 0 Å². The van der Waals surface area contributed by atoms with E-state index in [0.29, 0.717) is 0 Å². The molecule has 39 valence electrons. The molecule has 0 amide bonds. The topological polar surface area (TPSA) is 0 Å². The maximum absolute atomic E-state index is 2.22. The first kappa shape index (κ1) is 5.50. The molecule has 0 aromatic heterocycles. The molecule has 0 nitrogen and oxygen atoms in total. The minimum atomic E-state index is 0. The Morgan fingerprint density at radius 3 is 3.00 bits per heavy atom. The van der Waals surface area contributed by atoms with Gasteiger partial charge in [0.15, 0.2) is 0 Å². The Hall–Kier alpha value is 0.363. The molecule has 0 radical (unpaired) electrons. The summed E-state index contributed by atoms with van der Waals surface area (Å²) in [6.45, 7) is 0. The SMILES string of the molecule is [H-].[H-].[Zr][CH2]C1=CC=CC1. The first-order chi connectivity index (χ1) is 3.43. The van der Waals surface area contributed by atoms with Crippen molar-refractivity contribution in [2.45, 2.75) is 10.5 Å². The summed E-state index contributed by atoms with van der Waals surface area (Å²) in [4.78, 5) is 0. The molecule has 7 heavy (non-hydrogen) atoms. The van der Waals surface area contributed by atoms with Crippen molar-refractivity contribution < 1.29 is 27.6 Å². The van der Waals surface area contributed by atoms with Crippen LogP contribution >= 0.6 is 0 Å². The van der Waals surface area contributed by atoms with Gasteiger partial charge < -0.3 is 2.85 Å². The fourth-order valence-electron chi connectivity index (χ4n) is 0.623. The molecule has 1 aliphatic rings. The van der Waals surface area contributed by atoms with Gasteiger partial charge >= 0.3 is 59.1 Å². The first-order valence-electron chi connectivity index (χ1n) is 2.42. The Morgan fingerprint density at radius 1 is 1.86 bits per heavy atom. The molecule has 0 N–H and O–H groups in total. The monoisotopic (exact) mass is 171 g/mol. The zero-order chi connectivity index (χ0) is 5.11. The zero-order valence-electron chi connectivity index (χ0n) is 6.15. The summed E-state index contributed by atoms with van der Waals surface area (Å²) in [5.74, 6) is 0. The molecule has 1 aliphatic carbocycles. The summed E-state index contributed by atoms with van der Waals surface area (Å²) in [7, 11) is 0. The van der Waals surface area contributed by atoms with Crippen molar-refractivity contribution >= 4 is 0 Å². The van der Waals surface area contributed by atoms with Crippen LogP contribution in [-0.2, 0) is 24.7 Å². The van der Waals surface area contributed by atoms with Crippen LogP contribution in [0.2, 0.25) is 4.13 Å². The molecule has 0 heterocycles. The molecule has 1 rings (SSSR count). The third-order valence-electron chi connectivity index (χ3n) is 1.08. The molecular weight excluding hydrogens is 163 g/mol. The van der Waals surface area contributed by atoms with Gasteiger partial charge in [0, 0.05) is 0 Å². The molecule has 0 fully saturated rings. The second kappa shape index (κ2) is 2.62. The molecule has 0 aromatic rings. The average molecular weight is 172 g/mol. The van der Waals surface area contributed by atoms with Gasteiger partial charge in [-0.1, -0.05) is 0 Å². The van der Waals surface area contributed by atoms with Crippen molar-refractivity contribution in [1.29, 1.82) is 0 Å². The van der Waals surface area contributed by atoms with Crippen molar-refractivity contribution in [3.8, 4) is 0 Å². The van der Waals surface area contributed by atoms with Gasteiger partial charge in [-0.3, -0.25) is 0 Å². The van der Waals surface area contributed by atoms with Crippen LogP contribution in [-0.4, -0.2) is 0 Å². The number of allylic oxidation sites excluding steroid dienone is 4. The van der Waals surface area contributed by atoms with E-state index >= 15 is 0 Å². The molecule has 0 spiro atoms. The molecular formula is C6H9Zr-2. The summed E-state index contributed by atoms with van der Waals surface area (Å²) in [5.41, 5.74) is 1.60. The van der Waals surface area contributed by atoms with Crippen molar-refractivity contribution in [3.05, 3.63) is 23.8 Å². The Bertz CT molecular complexity index is 118. The zero-order valence-corrected chi connectivity index (χ0v) is 6.60. The van der Waals surface area contributed by atoms with Crippen molar-refractivity contribution in [3.63, 3.8) is 0 Å². The molecule has 0 atom stereocenters. The van der Waals surface area contributed by atoms with Crippen LogP contribution in [0.1, 0.15) is 9.27 Å². The molecule has 0 aromatic carbocycles. The first-order valence-corrected chi connectivity index (χ1v) is 4.16. The summed E-state index contributed by atoms with van der Waals surface area (Å²) in [5, 5.41) is 0. The van der Waals surface area contributed by atoms with Crippen LogP contribution in [0.25, 0.3) is 0 Å². The molecule has 0 saturated heterocycles. The second-order valence-corrected chi connectivity index (χ2v) is 2.50. The molecule has 0 bridgehead atoms. The van der Waals surface area contributed by atoms with E-state index in [4.69, 9.17) is 0 Å². The normalized spacial score (nSPS) is 17.3. The summed E-state index contributed by atoms with van der Waals surface area (Å²) in [6, 6.07) is 0. The summed E-state index contributed by atoms with van der Waals surface area (Å²) >= 11 is 1.63. The molecule has 1 heteroatoms. The Labute approximate surface area is 62.1 Å². The van der Waals surface area contributed by atoms with E-state index in [0.717, 1.165) is 0 Å². The fraction of sp³-hybridized carbons (Fsp3) is 0.333. The summed E-state index contributed by atoms with van der Waals surface area (Å²) in [6.07, 6.45) is 7.78. The number of hydrogen-bond donors (Lipinski definition) is 0. The van der Waals surface area contributed by atoms with Gasteiger partial charge in [0.1, 0.15) is 0 Å². The Morgan fingerprint density at radius 2 is 2.71 bits per heavy atom. The Kier molecular flexibility index (Phi) is 2.06. The van der Waals surface area contributed by atoms with Crippen LogP contribution in [0, 0.1) is 0 Å². The van der Waals surface area contributed by atoms with Gasteiger partial charge in [-0.25, -0.2) is 0 Å². The maximum atomic E-state index is 2.22. The van der Waals surface area contributed by atoms with Crippen LogP contribution in [0.15, 0.2) is 23.8 Å². The predicted octanol–water partition coefficient (Wildman–Crippen LogP) is 2.06. The third-order valence-corrected chi connectivity index (χ3v) is 2.19. The predicted molar refractivity (Wildman–Crippen MR) is 28.9 cm³/mol. The van der Waals surface area contributed by atoms with Gasteiger partial charge in [0.25, 0.3) is 0 Å². The Balaban J connectivity index is 0. The second-order valence-electron chi connectivity index (χ2n) is 1.63. The van der Waals surface area contributed by atoms with Gasteiger partial charge in [0.2, 0.25) is 0 Å². The number of rotatable bonds is 1. The van der Waals surface area contributed by atoms with E-state index < -0.39 is 0 Å². The van der Waals surface area contributed by atoms with E-state index in [9.17, 15) is 0 Å². The molecule has 0 unspecified atom stereocenters. The van der Waals surface area contributed by atoms with Gasteiger partial charge in [0.05, 0.1) is 0 Å².